The van der Waals surface area contributed by atoms with E-state index in [1.165, 1.54) is 30.5 Å². The Bertz CT molecular complexity index is 1040. The van der Waals surface area contributed by atoms with Crippen molar-refractivity contribution >= 4 is 17.7 Å². The van der Waals surface area contributed by atoms with Gasteiger partial charge in [0.05, 0.1) is 13.3 Å². The number of hydrogen-bond donors (Lipinski definition) is 1. The van der Waals surface area contributed by atoms with Gasteiger partial charge in [0.15, 0.2) is 5.75 Å². The first kappa shape index (κ1) is 20.6. The van der Waals surface area contributed by atoms with Crippen molar-refractivity contribution in [2.75, 3.05) is 7.11 Å². The van der Waals surface area contributed by atoms with Crippen LogP contribution in [0.5, 0.6) is 5.75 Å². The minimum atomic E-state index is -0.240. The number of nitrogens with zero attached hydrogens (tertiary/aromatic N) is 5. The fourth-order valence-corrected chi connectivity index (χ4v) is 3.46. The third-order valence-electron chi connectivity index (χ3n) is 4.26. The van der Waals surface area contributed by atoms with E-state index in [4.69, 9.17) is 4.74 Å². The molecule has 152 valence electrons. The summed E-state index contributed by atoms with van der Waals surface area (Å²) in [5.41, 5.74) is 2.62. The Morgan fingerprint density at radius 2 is 2.03 bits per heavy atom. The van der Waals surface area contributed by atoms with E-state index in [0.29, 0.717) is 23.1 Å². The molecule has 3 aromatic rings. The van der Waals surface area contributed by atoms with Gasteiger partial charge in [0.2, 0.25) is 16.5 Å². The third kappa shape index (κ3) is 5.44. The first-order valence-corrected chi connectivity index (χ1v) is 9.89. The molecule has 0 saturated carbocycles. The maximum Gasteiger partial charge on any atom is 0.240 e. The molecule has 2 aromatic heterocycles. The first-order valence-electron chi connectivity index (χ1n) is 8.91. The van der Waals surface area contributed by atoms with Gasteiger partial charge in [-0.25, -0.2) is 4.68 Å². The van der Waals surface area contributed by atoms with Crippen LogP contribution in [0.2, 0.25) is 0 Å². The molecule has 0 atom stereocenters. The highest BCUT2D eigenvalue weighted by molar-refractivity contribution is 7.98. The van der Waals surface area contributed by atoms with Gasteiger partial charge >= 0.3 is 0 Å². The standard InChI is InChI=1S/C19H22N6O3S/c1-13-4-6-14(7-5-13)9-20-18(27)11-25-10-17(28-3)16(26)8-15(25)12-29-19-21-22-23-24(19)2/h4-8,10H,9,11-12H2,1-3H3,(H,20,27). The summed E-state index contributed by atoms with van der Waals surface area (Å²) >= 11 is 1.38. The molecule has 29 heavy (non-hydrogen) atoms. The quantitative estimate of drug-likeness (QED) is 0.554. The van der Waals surface area contributed by atoms with Gasteiger partial charge in [-0.05, 0) is 22.9 Å². The summed E-state index contributed by atoms with van der Waals surface area (Å²) in [4.78, 5) is 24.7. The van der Waals surface area contributed by atoms with Crippen LogP contribution in [0.1, 0.15) is 16.8 Å². The lowest BCUT2D eigenvalue weighted by Gasteiger charge is -2.14. The number of methoxy groups -OCH3 is 1. The normalized spacial score (nSPS) is 10.7. The zero-order valence-electron chi connectivity index (χ0n) is 16.5. The lowest BCUT2D eigenvalue weighted by Crippen LogP contribution is -2.28. The first-order chi connectivity index (χ1) is 14.0. The second kappa shape index (κ2) is 9.37. The molecule has 0 unspecified atom stereocenters. The number of benzene rings is 1. The second-order valence-corrected chi connectivity index (χ2v) is 7.40. The molecule has 10 heteroatoms. The molecule has 0 radical (unpaired) electrons. The lowest BCUT2D eigenvalue weighted by molar-refractivity contribution is -0.121. The summed E-state index contributed by atoms with van der Waals surface area (Å²) in [6.07, 6.45) is 1.55. The summed E-state index contributed by atoms with van der Waals surface area (Å²) in [6, 6.07) is 9.45. The molecule has 0 aliphatic heterocycles. The predicted molar refractivity (Wildman–Crippen MR) is 109 cm³/mol. The van der Waals surface area contributed by atoms with E-state index in [-0.39, 0.29) is 23.6 Å². The number of thioether (sulfide) groups is 1. The van der Waals surface area contributed by atoms with Crippen molar-refractivity contribution in [3.8, 4) is 5.75 Å². The molecule has 2 heterocycles. The summed E-state index contributed by atoms with van der Waals surface area (Å²) < 4.78 is 8.38. The molecular weight excluding hydrogens is 392 g/mol. The Morgan fingerprint density at radius 1 is 1.28 bits per heavy atom. The minimum absolute atomic E-state index is 0.0649. The van der Waals surface area contributed by atoms with E-state index >= 15 is 0 Å². The second-order valence-electron chi connectivity index (χ2n) is 6.46. The Balaban J connectivity index is 1.71. The van der Waals surface area contributed by atoms with Gasteiger partial charge in [0, 0.05) is 31.1 Å². The fraction of sp³-hybridized carbons (Fsp3) is 0.316. The number of carbonyl (C=O) groups is 1. The summed E-state index contributed by atoms with van der Waals surface area (Å²) in [6.45, 7) is 2.52. The number of carbonyl (C=O) groups excluding carboxylic acids is 1. The van der Waals surface area contributed by atoms with Crippen molar-refractivity contribution in [2.24, 2.45) is 7.05 Å². The smallest absolute Gasteiger partial charge is 0.240 e. The van der Waals surface area contributed by atoms with Gasteiger partial charge in [0.1, 0.15) is 6.54 Å². The van der Waals surface area contributed by atoms with Crippen molar-refractivity contribution in [1.29, 1.82) is 0 Å². The average Bonchev–Trinajstić information content (AvgIpc) is 3.12. The zero-order valence-corrected chi connectivity index (χ0v) is 17.3. The molecule has 0 aliphatic carbocycles. The topological polar surface area (TPSA) is 104 Å². The number of rotatable bonds is 8. The molecule has 1 N–H and O–H groups in total. The third-order valence-corrected chi connectivity index (χ3v) is 5.30. The maximum atomic E-state index is 12.5. The van der Waals surface area contributed by atoms with E-state index in [9.17, 15) is 9.59 Å². The van der Waals surface area contributed by atoms with Gasteiger partial charge < -0.3 is 14.6 Å². The van der Waals surface area contributed by atoms with Crippen LogP contribution in [0, 0.1) is 6.92 Å². The van der Waals surface area contributed by atoms with E-state index in [1.54, 1.807) is 22.5 Å². The van der Waals surface area contributed by atoms with Crippen LogP contribution < -0.4 is 15.5 Å². The van der Waals surface area contributed by atoms with E-state index in [0.717, 1.165) is 5.56 Å². The number of tetrazole rings is 1. The van der Waals surface area contributed by atoms with Crippen LogP contribution in [-0.4, -0.2) is 37.8 Å². The molecule has 0 bridgehead atoms. The Labute approximate surface area is 172 Å². The van der Waals surface area contributed by atoms with Crippen LogP contribution in [-0.2, 0) is 30.7 Å². The van der Waals surface area contributed by atoms with Crippen molar-refractivity contribution in [2.45, 2.75) is 30.9 Å². The van der Waals surface area contributed by atoms with Crippen LogP contribution in [0.25, 0.3) is 0 Å². The molecule has 9 nitrogen and oxygen atoms in total. The summed E-state index contributed by atoms with van der Waals surface area (Å²) in [5, 5.41) is 14.8. The summed E-state index contributed by atoms with van der Waals surface area (Å²) in [5.74, 6) is 0.451. The monoisotopic (exact) mass is 414 g/mol. The number of ether oxygens (including phenoxy) is 1. The largest absolute Gasteiger partial charge is 0.491 e. The molecule has 0 saturated heterocycles. The molecule has 3 rings (SSSR count). The van der Waals surface area contributed by atoms with Gasteiger partial charge in [-0.2, -0.15) is 0 Å². The van der Waals surface area contributed by atoms with Gasteiger partial charge in [0.25, 0.3) is 0 Å². The lowest BCUT2D eigenvalue weighted by atomic mass is 10.1. The average molecular weight is 414 g/mol. The fourth-order valence-electron chi connectivity index (χ4n) is 2.62. The minimum Gasteiger partial charge on any atom is -0.491 e. The Morgan fingerprint density at radius 3 is 2.69 bits per heavy atom. The number of amides is 1. The van der Waals surface area contributed by atoms with Crippen molar-refractivity contribution < 1.29 is 9.53 Å². The van der Waals surface area contributed by atoms with Gasteiger partial charge in [-0.3, -0.25) is 9.59 Å². The molecule has 0 spiro atoms. The SMILES string of the molecule is COc1cn(CC(=O)NCc2ccc(C)cc2)c(CSc2nnnn2C)cc1=O. The van der Waals surface area contributed by atoms with Gasteiger partial charge in [-0.1, -0.05) is 41.6 Å². The Kier molecular flexibility index (Phi) is 6.65. The van der Waals surface area contributed by atoms with Crippen LogP contribution in [0.4, 0.5) is 0 Å². The molecule has 1 amide bonds. The molecule has 0 fully saturated rings. The van der Waals surface area contributed by atoms with Crippen molar-refractivity contribution in [3.63, 3.8) is 0 Å². The highest BCUT2D eigenvalue weighted by Crippen LogP contribution is 2.19. The number of pyridine rings is 1. The van der Waals surface area contributed by atoms with Crippen LogP contribution in [0.3, 0.4) is 0 Å². The highest BCUT2D eigenvalue weighted by Gasteiger charge is 2.12. The summed E-state index contributed by atoms with van der Waals surface area (Å²) in [7, 11) is 3.17. The maximum absolute atomic E-state index is 12.5. The molecular formula is C19H22N6O3S. The number of hydrogen-bond acceptors (Lipinski definition) is 7. The van der Waals surface area contributed by atoms with Crippen molar-refractivity contribution in [1.82, 2.24) is 30.1 Å². The highest BCUT2D eigenvalue weighted by atomic mass is 32.2. The Hall–Kier alpha value is -3.14. The van der Waals surface area contributed by atoms with E-state index in [1.807, 2.05) is 31.2 Å². The zero-order chi connectivity index (χ0) is 20.8. The number of nitrogens with one attached hydrogen (secondary N) is 1. The van der Waals surface area contributed by atoms with Gasteiger partial charge in [-0.15, -0.1) is 5.10 Å². The van der Waals surface area contributed by atoms with E-state index in [2.05, 4.69) is 20.8 Å². The molecule has 0 aliphatic rings. The molecule has 1 aromatic carbocycles. The van der Waals surface area contributed by atoms with Crippen LogP contribution >= 0.6 is 11.8 Å². The predicted octanol–water partition coefficient (Wildman–Crippen LogP) is 1.30. The van der Waals surface area contributed by atoms with Crippen molar-refractivity contribution in [3.05, 3.63) is 63.6 Å². The number of aromatic nitrogens is 5. The number of aryl methyl sites for hydroxylation is 2. The van der Waals surface area contributed by atoms with Crippen LogP contribution in [0.15, 0.2) is 46.5 Å². The van der Waals surface area contributed by atoms with E-state index < -0.39 is 0 Å².